The number of amides is 1. The molecule has 6 heteroatoms. The van der Waals surface area contributed by atoms with Crippen LogP contribution in [0.25, 0.3) is 0 Å². The molecule has 1 heterocycles. The van der Waals surface area contributed by atoms with Crippen molar-refractivity contribution in [2.24, 2.45) is 5.92 Å². The lowest BCUT2D eigenvalue weighted by atomic mass is 9.75. The Balaban J connectivity index is 1.77. The van der Waals surface area contributed by atoms with Crippen LogP contribution in [0.15, 0.2) is 42.7 Å². The lowest BCUT2D eigenvalue weighted by Crippen LogP contribution is -2.48. The Morgan fingerprint density at radius 1 is 1.33 bits per heavy atom. The Labute approximate surface area is 144 Å². The van der Waals surface area contributed by atoms with E-state index in [9.17, 15) is 14.3 Å². The Morgan fingerprint density at radius 2 is 2.04 bits per heavy atom. The summed E-state index contributed by atoms with van der Waals surface area (Å²) in [6, 6.07) is 7.73. The molecular formula is C18H18ClFN2O2. The Bertz CT molecular complexity index is 700. The number of aliphatic hydroxyl groups is 1. The number of hydrogen-bond acceptors (Lipinski definition) is 3. The van der Waals surface area contributed by atoms with E-state index < -0.39 is 11.7 Å². The van der Waals surface area contributed by atoms with Crippen molar-refractivity contribution >= 4 is 17.5 Å². The van der Waals surface area contributed by atoms with Crippen LogP contribution in [0.2, 0.25) is 5.02 Å². The predicted octanol–water partition coefficient (Wildman–Crippen LogP) is 2.99. The van der Waals surface area contributed by atoms with E-state index in [2.05, 4.69) is 10.3 Å². The first-order valence-corrected chi connectivity index (χ1v) is 8.24. The molecule has 0 unspecified atom stereocenters. The molecule has 4 nitrogen and oxygen atoms in total. The zero-order chi connectivity index (χ0) is 17.1. The fraction of sp³-hybridized carbons (Fsp3) is 0.333. The van der Waals surface area contributed by atoms with Gasteiger partial charge in [0.15, 0.2) is 0 Å². The van der Waals surface area contributed by atoms with Gasteiger partial charge < -0.3 is 10.4 Å². The second-order valence-corrected chi connectivity index (χ2v) is 6.53. The molecule has 1 amide bonds. The van der Waals surface area contributed by atoms with Crippen LogP contribution >= 0.6 is 11.6 Å². The molecule has 0 aliphatic heterocycles. The summed E-state index contributed by atoms with van der Waals surface area (Å²) in [5, 5.41) is 12.5. The molecular weight excluding hydrogens is 331 g/mol. The average Bonchev–Trinajstić information content (AvgIpc) is 2.52. The molecule has 0 radical (unpaired) electrons. The van der Waals surface area contributed by atoms with Gasteiger partial charge in [-0.3, -0.25) is 9.78 Å². The van der Waals surface area contributed by atoms with Gasteiger partial charge in [-0.25, -0.2) is 4.39 Å². The molecule has 3 rings (SSSR count). The summed E-state index contributed by atoms with van der Waals surface area (Å²) < 4.78 is 13.9. The van der Waals surface area contributed by atoms with E-state index in [4.69, 9.17) is 11.6 Å². The first-order valence-electron chi connectivity index (χ1n) is 7.86. The minimum absolute atomic E-state index is 0.0869. The van der Waals surface area contributed by atoms with E-state index in [-0.39, 0.29) is 28.6 Å². The minimum atomic E-state index is -0.642. The fourth-order valence-electron chi connectivity index (χ4n) is 3.02. The normalized spacial score (nSPS) is 21.0. The minimum Gasteiger partial charge on any atom is -0.393 e. The van der Waals surface area contributed by atoms with Crippen LogP contribution in [0.5, 0.6) is 0 Å². The second kappa shape index (κ2) is 7.28. The SMILES string of the molecule is O=C(N[C@@H](Cc1ccncc1)C1CC(O)C1)c1c(F)cccc1Cl. The van der Waals surface area contributed by atoms with E-state index in [1.165, 1.54) is 18.2 Å². The zero-order valence-corrected chi connectivity index (χ0v) is 13.7. The van der Waals surface area contributed by atoms with Crippen LogP contribution in [-0.4, -0.2) is 28.1 Å². The molecule has 1 aliphatic carbocycles. The number of rotatable bonds is 5. The van der Waals surface area contributed by atoms with Gasteiger partial charge in [-0.1, -0.05) is 17.7 Å². The summed E-state index contributed by atoms with van der Waals surface area (Å²) in [5.74, 6) is -1.02. The molecule has 0 bridgehead atoms. The van der Waals surface area contributed by atoms with Crippen molar-refractivity contribution in [2.45, 2.75) is 31.4 Å². The van der Waals surface area contributed by atoms with Crippen molar-refractivity contribution < 1.29 is 14.3 Å². The smallest absolute Gasteiger partial charge is 0.256 e. The van der Waals surface area contributed by atoms with Crippen LogP contribution in [0, 0.1) is 11.7 Å². The van der Waals surface area contributed by atoms with Gasteiger partial charge in [0.25, 0.3) is 5.91 Å². The van der Waals surface area contributed by atoms with Gasteiger partial charge in [0, 0.05) is 18.4 Å². The third kappa shape index (κ3) is 3.74. The fourth-order valence-corrected chi connectivity index (χ4v) is 3.27. The molecule has 0 saturated heterocycles. The van der Waals surface area contributed by atoms with Gasteiger partial charge in [0.05, 0.1) is 16.7 Å². The standard InChI is InChI=1S/C18H18ClFN2O2/c19-14-2-1-3-15(20)17(14)18(24)22-16(12-9-13(23)10-12)8-11-4-6-21-7-5-11/h1-7,12-13,16,23H,8-10H2,(H,22,24)/t12?,13?,16-/m0/s1. The zero-order valence-electron chi connectivity index (χ0n) is 13.0. The molecule has 24 heavy (non-hydrogen) atoms. The largest absolute Gasteiger partial charge is 0.393 e. The van der Waals surface area contributed by atoms with Crippen molar-refractivity contribution in [3.63, 3.8) is 0 Å². The Kier molecular flexibility index (Phi) is 5.11. The van der Waals surface area contributed by atoms with Crippen LogP contribution in [-0.2, 0) is 6.42 Å². The molecule has 1 saturated carbocycles. The number of hydrogen-bond donors (Lipinski definition) is 2. The number of pyridine rings is 1. The highest BCUT2D eigenvalue weighted by Crippen LogP contribution is 2.32. The summed E-state index contributed by atoms with van der Waals surface area (Å²) in [7, 11) is 0. The van der Waals surface area contributed by atoms with E-state index in [1.807, 2.05) is 12.1 Å². The van der Waals surface area contributed by atoms with Gasteiger partial charge in [-0.15, -0.1) is 0 Å². The summed E-state index contributed by atoms with van der Waals surface area (Å²) in [6.07, 6.45) is 4.90. The van der Waals surface area contributed by atoms with Gasteiger partial charge in [-0.05, 0) is 55.0 Å². The van der Waals surface area contributed by atoms with E-state index >= 15 is 0 Å². The Morgan fingerprint density at radius 3 is 2.67 bits per heavy atom. The van der Waals surface area contributed by atoms with Crippen molar-refractivity contribution in [2.75, 3.05) is 0 Å². The number of benzene rings is 1. The number of carbonyl (C=O) groups excluding carboxylic acids is 1. The lowest BCUT2D eigenvalue weighted by Gasteiger charge is -2.38. The summed E-state index contributed by atoms with van der Waals surface area (Å²) in [4.78, 5) is 16.5. The van der Waals surface area contributed by atoms with Gasteiger partial charge in [0.2, 0.25) is 0 Å². The van der Waals surface area contributed by atoms with Crippen LogP contribution in [0.1, 0.15) is 28.8 Å². The van der Waals surface area contributed by atoms with E-state index in [0.29, 0.717) is 19.3 Å². The quantitative estimate of drug-likeness (QED) is 0.873. The highest BCUT2D eigenvalue weighted by molar-refractivity contribution is 6.33. The number of nitrogens with one attached hydrogen (secondary N) is 1. The molecule has 2 aromatic rings. The summed E-state index contributed by atoms with van der Waals surface area (Å²) in [5.41, 5.74) is 0.884. The van der Waals surface area contributed by atoms with E-state index in [0.717, 1.165) is 5.56 Å². The summed E-state index contributed by atoms with van der Waals surface area (Å²) >= 11 is 5.97. The third-order valence-electron chi connectivity index (χ3n) is 4.43. The molecule has 126 valence electrons. The lowest BCUT2D eigenvalue weighted by molar-refractivity contribution is 0.0239. The Hall–Kier alpha value is -1.98. The second-order valence-electron chi connectivity index (χ2n) is 6.12. The van der Waals surface area contributed by atoms with E-state index in [1.54, 1.807) is 12.4 Å². The number of carbonyl (C=O) groups is 1. The predicted molar refractivity (Wildman–Crippen MR) is 89.3 cm³/mol. The van der Waals surface area contributed by atoms with Crippen LogP contribution in [0.4, 0.5) is 4.39 Å². The van der Waals surface area contributed by atoms with Gasteiger partial charge >= 0.3 is 0 Å². The number of aromatic nitrogens is 1. The summed E-state index contributed by atoms with van der Waals surface area (Å²) in [6.45, 7) is 0. The highest BCUT2D eigenvalue weighted by Gasteiger charge is 2.35. The monoisotopic (exact) mass is 348 g/mol. The number of aliphatic hydroxyl groups excluding tert-OH is 1. The third-order valence-corrected chi connectivity index (χ3v) is 4.74. The molecule has 1 aromatic heterocycles. The van der Waals surface area contributed by atoms with Crippen molar-refractivity contribution in [3.8, 4) is 0 Å². The van der Waals surface area contributed by atoms with Crippen molar-refractivity contribution in [1.29, 1.82) is 0 Å². The molecule has 1 atom stereocenters. The van der Waals surface area contributed by atoms with Gasteiger partial charge in [0.1, 0.15) is 5.82 Å². The molecule has 0 spiro atoms. The topological polar surface area (TPSA) is 62.2 Å². The maximum Gasteiger partial charge on any atom is 0.256 e. The molecule has 1 aromatic carbocycles. The van der Waals surface area contributed by atoms with Crippen molar-refractivity contribution in [3.05, 3.63) is 64.7 Å². The first kappa shape index (κ1) is 16.9. The van der Waals surface area contributed by atoms with Gasteiger partial charge in [-0.2, -0.15) is 0 Å². The molecule has 2 N–H and O–H groups in total. The van der Waals surface area contributed by atoms with Crippen LogP contribution in [0.3, 0.4) is 0 Å². The number of nitrogens with zero attached hydrogens (tertiary/aromatic N) is 1. The van der Waals surface area contributed by atoms with Crippen molar-refractivity contribution in [1.82, 2.24) is 10.3 Å². The molecule has 1 fully saturated rings. The maximum absolute atomic E-state index is 13.9. The number of halogens is 2. The first-order chi connectivity index (χ1) is 11.5. The van der Waals surface area contributed by atoms with Crippen LogP contribution < -0.4 is 5.32 Å². The molecule has 1 aliphatic rings. The maximum atomic E-state index is 13.9. The average molecular weight is 349 g/mol. The highest BCUT2D eigenvalue weighted by atomic mass is 35.5.